The lowest BCUT2D eigenvalue weighted by Gasteiger charge is -2.10. The van der Waals surface area contributed by atoms with Gasteiger partial charge in [0.2, 0.25) is 0 Å². The zero-order chi connectivity index (χ0) is 15.2. The number of aryl methyl sites for hydroxylation is 1. The fraction of sp³-hybridized carbons (Fsp3) is 0.125. The molecule has 106 valence electrons. The van der Waals surface area contributed by atoms with Crippen LogP contribution in [0.5, 0.6) is 5.75 Å². The number of nitrogens with zero attached hydrogens (tertiary/aromatic N) is 1. The van der Waals surface area contributed by atoms with Crippen molar-refractivity contribution in [3.05, 3.63) is 53.6 Å². The van der Waals surface area contributed by atoms with Crippen LogP contribution < -0.4 is 15.4 Å². The highest BCUT2D eigenvalue weighted by Gasteiger charge is 2.06. The number of anilines is 2. The second kappa shape index (κ2) is 6.44. The standard InChI is InChI=1S/C16H15N3O2/c1-11-3-4-12(10-17)9-15(11)19-16(20)18-13-5-7-14(21-2)8-6-13/h3-9H,1-2H3,(H2,18,19,20). The second-order valence-electron chi connectivity index (χ2n) is 4.45. The second-order valence-corrected chi connectivity index (χ2v) is 4.45. The minimum Gasteiger partial charge on any atom is -0.497 e. The molecular weight excluding hydrogens is 266 g/mol. The monoisotopic (exact) mass is 281 g/mol. The summed E-state index contributed by atoms with van der Waals surface area (Å²) in [6, 6.07) is 13.8. The number of hydrogen-bond donors (Lipinski definition) is 2. The molecule has 5 nitrogen and oxygen atoms in total. The maximum Gasteiger partial charge on any atom is 0.323 e. The van der Waals surface area contributed by atoms with Crippen molar-refractivity contribution in [1.29, 1.82) is 5.26 Å². The average molecular weight is 281 g/mol. The molecular formula is C16H15N3O2. The van der Waals surface area contributed by atoms with Gasteiger partial charge in [-0.15, -0.1) is 0 Å². The Morgan fingerprint density at radius 1 is 1.14 bits per heavy atom. The van der Waals surface area contributed by atoms with E-state index >= 15 is 0 Å². The molecule has 0 aliphatic rings. The zero-order valence-electron chi connectivity index (χ0n) is 11.8. The van der Waals surface area contributed by atoms with Gasteiger partial charge >= 0.3 is 6.03 Å². The van der Waals surface area contributed by atoms with Crippen LogP contribution in [-0.4, -0.2) is 13.1 Å². The number of rotatable bonds is 3. The maximum absolute atomic E-state index is 12.0. The van der Waals surface area contributed by atoms with E-state index in [1.807, 2.05) is 13.0 Å². The number of amides is 2. The van der Waals surface area contributed by atoms with E-state index in [1.165, 1.54) is 0 Å². The van der Waals surface area contributed by atoms with Crippen molar-refractivity contribution < 1.29 is 9.53 Å². The topological polar surface area (TPSA) is 74.2 Å². The highest BCUT2D eigenvalue weighted by molar-refractivity contribution is 6.00. The smallest absolute Gasteiger partial charge is 0.323 e. The number of carbonyl (C=O) groups excluding carboxylic acids is 1. The van der Waals surface area contributed by atoms with Gasteiger partial charge in [-0.3, -0.25) is 0 Å². The largest absolute Gasteiger partial charge is 0.497 e. The summed E-state index contributed by atoms with van der Waals surface area (Å²) in [7, 11) is 1.58. The summed E-state index contributed by atoms with van der Waals surface area (Å²) in [5.74, 6) is 0.721. The Morgan fingerprint density at radius 2 is 1.86 bits per heavy atom. The first kappa shape index (κ1) is 14.4. The summed E-state index contributed by atoms with van der Waals surface area (Å²) >= 11 is 0. The molecule has 2 N–H and O–H groups in total. The number of methoxy groups -OCH3 is 1. The predicted molar refractivity (Wildman–Crippen MR) is 81.5 cm³/mol. The van der Waals surface area contributed by atoms with Crippen molar-refractivity contribution in [2.45, 2.75) is 6.92 Å². The quantitative estimate of drug-likeness (QED) is 0.904. The van der Waals surface area contributed by atoms with Crippen LogP contribution in [0.3, 0.4) is 0 Å². The summed E-state index contributed by atoms with van der Waals surface area (Å²) in [6.07, 6.45) is 0. The lowest BCUT2D eigenvalue weighted by atomic mass is 10.1. The van der Waals surface area contributed by atoms with Gasteiger partial charge in [-0.05, 0) is 48.9 Å². The van der Waals surface area contributed by atoms with Gasteiger partial charge in [-0.25, -0.2) is 4.79 Å². The number of benzene rings is 2. The van der Waals surface area contributed by atoms with Gasteiger partial charge < -0.3 is 15.4 Å². The Morgan fingerprint density at radius 3 is 2.48 bits per heavy atom. The van der Waals surface area contributed by atoms with E-state index in [9.17, 15) is 4.79 Å². The van der Waals surface area contributed by atoms with E-state index in [0.717, 1.165) is 11.3 Å². The molecule has 2 rings (SSSR count). The Kier molecular flexibility index (Phi) is 4.42. The van der Waals surface area contributed by atoms with Gasteiger partial charge in [0.15, 0.2) is 0 Å². The molecule has 0 heterocycles. The van der Waals surface area contributed by atoms with E-state index in [1.54, 1.807) is 49.6 Å². The Hall–Kier alpha value is -3.00. The third-order valence-corrected chi connectivity index (χ3v) is 2.96. The van der Waals surface area contributed by atoms with Crippen molar-refractivity contribution in [2.75, 3.05) is 17.7 Å². The molecule has 0 aliphatic heterocycles. The summed E-state index contributed by atoms with van der Waals surface area (Å²) in [4.78, 5) is 12.0. The molecule has 0 saturated heterocycles. The van der Waals surface area contributed by atoms with E-state index in [0.29, 0.717) is 16.9 Å². The molecule has 2 aromatic carbocycles. The van der Waals surface area contributed by atoms with Crippen molar-refractivity contribution in [3.63, 3.8) is 0 Å². The molecule has 0 atom stereocenters. The van der Waals surface area contributed by atoms with Gasteiger partial charge in [-0.1, -0.05) is 6.07 Å². The van der Waals surface area contributed by atoms with Gasteiger partial charge in [0.05, 0.1) is 18.7 Å². The van der Waals surface area contributed by atoms with Crippen LogP contribution in [0, 0.1) is 18.3 Å². The van der Waals surface area contributed by atoms with Gasteiger partial charge in [0.1, 0.15) is 5.75 Å². The molecule has 0 aliphatic carbocycles. The van der Waals surface area contributed by atoms with Gasteiger partial charge in [-0.2, -0.15) is 5.26 Å². The Balaban J connectivity index is 2.06. The van der Waals surface area contributed by atoms with Gasteiger partial charge in [0, 0.05) is 11.4 Å². The number of hydrogen-bond acceptors (Lipinski definition) is 3. The number of nitrogens with one attached hydrogen (secondary N) is 2. The normalized spacial score (nSPS) is 9.57. The molecule has 0 spiro atoms. The van der Waals surface area contributed by atoms with Crippen molar-refractivity contribution in [2.24, 2.45) is 0 Å². The molecule has 0 bridgehead atoms. The molecule has 0 fully saturated rings. The van der Waals surface area contributed by atoms with Crippen LogP contribution in [0.15, 0.2) is 42.5 Å². The first-order valence-electron chi connectivity index (χ1n) is 6.35. The minimum absolute atomic E-state index is 0.363. The summed E-state index contributed by atoms with van der Waals surface area (Å²) < 4.78 is 5.05. The molecule has 0 unspecified atom stereocenters. The molecule has 21 heavy (non-hydrogen) atoms. The first-order chi connectivity index (χ1) is 10.1. The Labute approximate surface area is 123 Å². The molecule has 5 heteroatoms. The van der Waals surface area contributed by atoms with E-state index < -0.39 is 0 Å². The summed E-state index contributed by atoms with van der Waals surface area (Å²) in [6.45, 7) is 1.87. The molecule has 2 amide bonds. The zero-order valence-corrected chi connectivity index (χ0v) is 11.8. The van der Waals surface area contributed by atoms with Crippen molar-refractivity contribution in [3.8, 4) is 11.8 Å². The summed E-state index contributed by atoms with van der Waals surface area (Å²) in [5.41, 5.74) is 2.65. The molecule has 2 aromatic rings. The predicted octanol–water partition coefficient (Wildman–Crippen LogP) is 3.52. The summed E-state index contributed by atoms with van der Waals surface area (Å²) in [5, 5.41) is 14.3. The number of carbonyl (C=O) groups is 1. The van der Waals surface area contributed by atoms with Crippen LogP contribution in [-0.2, 0) is 0 Å². The van der Waals surface area contributed by atoms with Crippen LogP contribution in [0.25, 0.3) is 0 Å². The van der Waals surface area contributed by atoms with E-state index in [2.05, 4.69) is 10.6 Å². The third-order valence-electron chi connectivity index (χ3n) is 2.96. The first-order valence-corrected chi connectivity index (χ1v) is 6.35. The fourth-order valence-corrected chi connectivity index (χ4v) is 1.79. The van der Waals surface area contributed by atoms with Crippen molar-refractivity contribution >= 4 is 17.4 Å². The number of ether oxygens (including phenoxy) is 1. The lowest BCUT2D eigenvalue weighted by molar-refractivity contribution is 0.262. The van der Waals surface area contributed by atoms with E-state index in [-0.39, 0.29) is 6.03 Å². The van der Waals surface area contributed by atoms with E-state index in [4.69, 9.17) is 10.00 Å². The molecule has 0 saturated carbocycles. The maximum atomic E-state index is 12.0. The number of urea groups is 1. The third kappa shape index (κ3) is 3.74. The molecule has 0 aromatic heterocycles. The van der Waals surface area contributed by atoms with Crippen LogP contribution in [0.1, 0.15) is 11.1 Å². The van der Waals surface area contributed by atoms with Crippen LogP contribution >= 0.6 is 0 Å². The number of nitriles is 1. The van der Waals surface area contributed by atoms with Gasteiger partial charge in [0.25, 0.3) is 0 Å². The highest BCUT2D eigenvalue weighted by atomic mass is 16.5. The SMILES string of the molecule is COc1ccc(NC(=O)Nc2cc(C#N)ccc2C)cc1. The van der Waals surface area contributed by atoms with Crippen molar-refractivity contribution in [1.82, 2.24) is 0 Å². The van der Waals surface area contributed by atoms with Crippen LogP contribution in [0.4, 0.5) is 16.2 Å². The molecule has 0 radical (unpaired) electrons. The lowest BCUT2D eigenvalue weighted by Crippen LogP contribution is -2.20. The highest BCUT2D eigenvalue weighted by Crippen LogP contribution is 2.18. The Bertz CT molecular complexity index is 688. The average Bonchev–Trinajstić information content (AvgIpc) is 2.50. The fourth-order valence-electron chi connectivity index (χ4n) is 1.79. The minimum atomic E-state index is -0.363. The van der Waals surface area contributed by atoms with Crippen LogP contribution in [0.2, 0.25) is 0 Å².